The maximum Gasteiger partial charge on any atom is 0.214 e. The van der Waals surface area contributed by atoms with E-state index in [1.807, 2.05) is 50.2 Å². The van der Waals surface area contributed by atoms with Gasteiger partial charge in [-0.05, 0) is 32.4 Å². The largest absolute Gasteiger partial charge is 0.389 e. The molecule has 0 radical (unpaired) electrons. The molecule has 1 aromatic heterocycles. The van der Waals surface area contributed by atoms with Gasteiger partial charge in [0, 0.05) is 28.4 Å². The van der Waals surface area contributed by atoms with Crippen molar-refractivity contribution in [2.75, 3.05) is 12.3 Å². The van der Waals surface area contributed by atoms with Crippen LogP contribution in [0.25, 0.3) is 21.8 Å². The maximum absolute atomic E-state index is 12.3. The molecule has 3 aromatic rings. The number of rotatable bonds is 4. The van der Waals surface area contributed by atoms with E-state index in [9.17, 15) is 13.5 Å². The summed E-state index contributed by atoms with van der Waals surface area (Å²) < 4.78 is 28.3. The van der Waals surface area contributed by atoms with Crippen LogP contribution in [0.15, 0.2) is 48.5 Å². The highest BCUT2D eigenvalue weighted by molar-refractivity contribution is 7.89. The van der Waals surface area contributed by atoms with Crippen molar-refractivity contribution in [1.29, 1.82) is 0 Å². The van der Waals surface area contributed by atoms with E-state index in [-0.39, 0.29) is 5.75 Å². The van der Waals surface area contributed by atoms with E-state index in [1.54, 1.807) is 0 Å². The zero-order valence-electron chi connectivity index (χ0n) is 15.1. The minimum absolute atomic E-state index is 0.165. The molecule has 0 amide bonds. The van der Waals surface area contributed by atoms with Crippen molar-refractivity contribution in [1.82, 2.24) is 8.87 Å². The molecule has 5 nitrogen and oxygen atoms in total. The molecule has 1 N–H and O–H groups in total. The first-order chi connectivity index (χ1) is 12.3. The lowest BCUT2D eigenvalue weighted by Gasteiger charge is -2.38. The summed E-state index contributed by atoms with van der Waals surface area (Å²) in [5.74, 6) is 0.165. The van der Waals surface area contributed by atoms with Gasteiger partial charge in [-0.2, -0.15) is 4.31 Å². The van der Waals surface area contributed by atoms with Crippen LogP contribution in [0.4, 0.5) is 0 Å². The van der Waals surface area contributed by atoms with Gasteiger partial charge in [-0.15, -0.1) is 0 Å². The summed E-state index contributed by atoms with van der Waals surface area (Å²) in [6.45, 7) is 4.44. The van der Waals surface area contributed by atoms with Crippen LogP contribution in [0.5, 0.6) is 0 Å². The molecule has 6 heteroatoms. The first-order valence-electron chi connectivity index (χ1n) is 8.97. The van der Waals surface area contributed by atoms with Gasteiger partial charge in [0.05, 0.1) is 23.9 Å². The molecule has 0 saturated carbocycles. The number of aromatic nitrogens is 1. The lowest BCUT2D eigenvalue weighted by atomic mass is 9.96. The molecule has 1 fully saturated rings. The van der Waals surface area contributed by atoms with Gasteiger partial charge in [0.15, 0.2) is 0 Å². The van der Waals surface area contributed by atoms with E-state index < -0.39 is 21.7 Å². The second kappa shape index (κ2) is 6.08. The van der Waals surface area contributed by atoms with Gasteiger partial charge in [-0.1, -0.05) is 36.4 Å². The Labute approximate surface area is 153 Å². The maximum atomic E-state index is 12.3. The number of hydrogen-bond acceptors (Lipinski definition) is 3. The summed E-state index contributed by atoms with van der Waals surface area (Å²) in [6, 6.07) is 16.2. The molecule has 26 heavy (non-hydrogen) atoms. The predicted molar refractivity (Wildman–Crippen MR) is 105 cm³/mol. The molecular weight excluding hydrogens is 348 g/mol. The van der Waals surface area contributed by atoms with Crippen LogP contribution in [0.2, 0.25) is 0 Å². The fraction of sp³-hybridized carbons (Fsp3) is 0.400. The second-order valence-electron chi connectivity index (χ2n) is 7.56. The van der Waals surface area contributed by atoms with E-state index in [1.165, 1.54) is 4.31 Å². The molecule has 0 spiro atoms. The molecule has 2 heterocycles. The molecule has 4 rings (SSSR count). The first kappa shape index (κ1) is 17.5. The number of sulfonamides is 1. The Morgan fingerprint density at radius 1 is 1.04 bits per heavy atom. The van der Waals surface area contributed by atoms with Crippen LogP contribution in [0, 0.1) is 0 Å². The van der Waals surface area contributed by atoms with E-state index in [4.69, 9.17) is 0 Å². The smallest absolute Gasteiger partial charge is 0.214 e. The fourth-order valence-corrected chi connectivity index (χ4v) is 6.01. The Morgan fingerprint density at radius 2 is 1.58 bits per heavy atom. The highest BCUT2D eigenvalue weighted by atomic mass is 32.2. The molecule has 138 valence electrons. The number of fused-ring (bicyclic) bond motifs is 3. The van der Waals surface area contributed by atoms with Gasteiger partial charge in [-0.3, -0.25) is 0 Å². The lowest BCUT2D eigenvalue weighted by molar-refractivity contribution is 0.0270. The van der Waals surface area contributed by atoms with E-state index in [0.717, 1.165) is 21.8 Å². The summed E-state index contributed by atoms with van der Waals surface area (Å²) in [5.41, 5.74) is 1.24. The van der Waals surface area contributed by atoms with Gasteiger partial charge in [0.2, 0.25) is 10.0 Å². The zero-order valence-corrected chi connectivity index (χ0v) is 15.9. The zero-order chi connectivity index (χ0) is 18.5. The van der Waals surface area contributed by atoms with Crippen molar-refractivity contribution in [2.24, 2.45) is 0 Å². The first-order valence-corrected chi connectivity index (χ1v) is 10.6. The predicted octanol–water partition coefficient (Wildman–Crippen LogP) is 2.97. The summed E-state index contributed by atoms with van der Waals surface area (Å²) in [6.07, 6.45) is -0.206. The van der Waals surface area contributed by atoms with Crippen molar-refractivity contribution in [2.45, 2.75) is 38.5 Å². The van der Waals surface area contributed by atoms with Crippen LogP contribution in [-0.4, -0.2) is 46.3 Å². The van der Waals surface area contributed by atoms with Crippen molar-refractivity contribution < 1.29 is 13.5 Å². The Morgan fingerprint density at radius 3 is 2.08 bits per heavy atom. The molecule has 0 aliphatic carbocycles. The summed E-state index contributed by atoms with van der Waals surface area (Å²) in [4.78, 5) is 0. The van der Waals surface area contributed by atoms with Crippen molar-refractivity contribution in [3.8, 4) is 0 Å². The third kappa shape index (κ3) is 2.64. The van der Waals surface area contributed by atoms with E-state index in [2.05, 4.69) is 16.7 Å². The van der Waals surface area contributed by atoms with E-state index in [0.29, 0.717) is 19.5 Å². The standard InChI is InChI=1S/C20H24N2O3S/c1-20(2,22-12-7-13-26(22,24)25)19(23)14-21-17-10-5-3-8-15(17)16-9-4-6-11-18(16)21/h3-6,8-11,19,23H,7,12-14H2,1-2H3. The average molecular weight is 372 g/mol. The average Bonchev–Trinajstić information content (AvgIpc) is 3.13. The minimum Gasteiger partial charge on any atom is -0.389 e. The van der Waals surface area contributed by atoms with Crippen molar-refractivity contribution in [3.63, 3.8) is 0 Å². The van der Waals surface area contributed by atoms with Crippen LogP contribution >= 0.6 is 0 Å². The van der Waals surface area contributed by atoms with Gasteiger partial charge in [0.25, 0.3) is 0 Å². The van der Waals surface area contributed by atoms with Crippen LogP contribution < -0.4 is 0 Å². The van der Waals surface area contributed by atoms with Crippen molar-refractivity contribution >= 4 is 31.8 Å². The number of hydrogen-bond donors (Lipinski definition) is 1. The molecule has 2 aromatic carbocycles. The summed E-state index contributed by atoms with van der Waals surface area (Å²) in [5, 5.41) is 13.3. The Hall–Kier alpha value is -1.89. The Bertz CT molecular complexity index is 1020. The second-order valence-corrected chi connectivity index (χ2v) is 9.57. The quantitative estimate of drug-likeness (QED) is 0.766. The summed E-state index contributed by atoms with van der Waals surface area (Å²) >= 11 is 0. The molecule has 0 bridgehead atoms. The number of aliphatic hydroxyl groups excluding tert-OH is 1. The van der Waals surface area contributed by atoms with Gasteiger partial charge < -0.3 is 9.67 Å². The van der Waals surface area contributed by atoms with Crippen LogP contribution in [-0.2, 0) is 16.6 Å². The van der Waals surface area contributed by atoms with Crippen molar-refractivity contribution in [3.05, 3.63) is 48.5 Å². The normalized spacial score (nSPS) is 19.3. The third-order valence-corrected chi connectivity index (χ3v) is 7.72. The minimum atomic E-state index is -3.29. The third-order valence-electron chi connectivity index (χ3n) is 5.59. The lowest BCUT2D eigenvalue weighted by Crippen LogP contribution is -2.54. The fourth-order valence-electron chi connectivity index (χ4n) is 4.05. The highest BCUT2D eigenvalue weighted by Crippen LogP contribution is 2.32. The highest BCUT2D eigenvalue weighted by Gasteiger charge is 2.44. The van der Waals surface area contributed by atoms with Gasteiger partial charge in [-0.25, -0.2) is 8.42 Å². The molecule has 1 aliphatic heterocycles. The molecular formula is C20H24N2O3S. The Kier molecular flexibility index (Phi) is 4.10. The molecule has 1 saturated heterocycles. The van der Waals surface area contributed by atoms with Crippen LogP contribution in [0.3, 0.4) is 0 Å². The number of aliphatic hydroxyl groups is 1. The monoisotopic (exact) mass is 372 g/mol. The molecule has 1 atom stereocenters. The van der Waals surface area contributed by atoms with E-state index >= 15 is 0 Å². The van der Waals surface area contributed by atoms with Gasteiger partial charge in [0.1, 0.15) is 0 Å². The Balaban J connectivity index is 1.77. The van der Waals surface area contributed by atoms with Gasteiger partial charge >= 0.3 is 0 Å². The topological polar surface area (TPSA) is 62.5 Å². The number of nitrogens with zero attached hydrogens (tertiary/aromatic N) is 2. The van der Waals surface area contributed by atoms with Crippen LogP contribution in [0.1, 0.15) is 20.3 Å². The number of benzene rings is 2. The number of para-hydroxylation sites is 2. The molecule has 1 unspecified atom stereocenters. The molecule has 1 aliphatic rings. The summed E-state index contributed by atoms with van der Waals surface area (Å²) in [7, 11) is -3.29. The SMILES string of the molecule is CC(C)(C(O)Cn1c2ccccc2c2ccccc21)N1CCCS1(=O)=O.